The van der Waals surface area contributed by atoms with Crippen LogP contribution < -0.4 is 11.1 Å². The lowest BCUT2D eigenvalue weighted by Gasteiger charge is -2.30. The van der Waals surface area contributed by atoms with Crippen LogP contribution in [0.15, 0.2) is 0 Å². The highest BCUT2D eigenvalue weighted by molar-refractivity contribution is 5.77. The molecule has 20 heavy (non-hydrogen) atoms. The molecule has 0 heterocycles. The van der Waals surface area contributed by atoms with Crippen LogP contribution in [0, 0.1) is 11.3 Å². The summed E-state index contributed by atoms with van der Waals surface area (Å²) >= 11 is 0. The van der Waals surface area contributed by atoms with Crippen molar-refractivity contribution in [3.63, 3.8) is 0 Å². The minimum atomic E-state index is -4.34. The largest absolute Gasteiger partial charge is 0.411 e. The topological polar surface area (TPSA) is 55.1 Å². The third-order valence-corrected chi connectivity index (χ3v) is 4.13. The first kappa shape index (κ1) is 17.3. The van der Waals surface area contributed by atoms with Crippen LogP contribution in [0.25, 0.3) is 0 Å². The summed E-state index contributed by atoms with van der Waals surface area (Å²) in [5, 5.41) is 2.16. The normalized spacial score (nSPS) is 19.6. The highest BCUT2D eigenvalue weighted by atomic mass is 19.4. The molecular formula is C14H25F3N2O. The molecule has 0 aromatic rings. The van der Waals surface area contributed by atoms with Gasteiger partial charge in [0.1, 0.15) is 5.54 Å². The standard InChI is InChI=1S/C14H25F3N2O/c1-12(2,3)10(6-9-18)4-5-11(20)19-13(7-8-13)14(15,16)17/h10H,4-9,18H2,1-3H3,(H,19,20). The zero-order valence-electron chi connectivity index (χ0n) is 12.4. The van der Waals surface area contributed by atoms with Crippen molar-refractivity contribution in [2.24, 2.45) is 17.1 Å². The Morgan fingerprint density at radius 2 is 1.80 bits per heavy atom. The highest BCUT2D eigenvalue weighted by Gasteiger charge is 2.64. The second-order valence-electron chi connectivity index (χ2n) is 6.81. The van der Waals surface area contributed by atoms with E-state index in [1.54, 1.807) is 0 Å². The number of nitrogens with two attached hydrogens (primary N) is 1. The predicted octanol–water partition coefficient (Wildman–Crippen LogP) is 2.99. The van der Waals surface area contributed by atoms with Gasteiger partial charge in [-0.15, -0.1) is 0 Å². The predicted molar refractivity (Wildman–Crippen MR) is 72.0 cm³/mol. The molecule has 0 aromatic carbocycles. The minimum Gasteiger partial charge on any atom is -0.342 e. The molecule has 1 rings (SSSR count). The number of carbonyl (C=O) groups is 1. The maximum Gasteiger partial charge on any atom is 0.411 e. The van der Waals surface area contributed by atoms with Crippen LogP contribution in [0.4, 0.5) is 13.2 Å². The van der Waals surface area contributed by atoms with Gasteiger partial charge in [0, 0.05) is 6.42 Å². The first-order valence-electron chi connectivity index (χ1n) is 7.10. The number of halogens is 3. The van der Waals surface area contributed by atoms with Crippen molar-refractivity contribution in [3.8, 4) is 0 Å². The van der Waals surface area contributed by atoms with Crippen molar-refractivity contribution in [2.75, 3.05) is 6.54 Å². The summed E-state index contributed by atoms with van der Waals surface area (Å²) in [5.74, 6) is -0.273. The average Bonchev–Trinajstić information content (AvgIpc) is 3.02. The fourth-order valence-corrected chi connectivity index (χ4v) is 2.45. The molecule has 118 valence electrons. The lowest BCUT2D eigenvalue weighted by molar-refractivity contribution is -0.170. The Morgan fingerprint density at radius 1 is 1.25 bits per heavy atom. The third-order valence-electron chi connectivity index (χ3n) is 4.13. The van der Waals surface area contributed by atoms with Gasteiger partial charge in [-0.3, -0.25) is 4.79 Å². The zero-order valence-corrected chi connectivity index (χ0v) is 12.4. The summed E-state index contributed by atoms with van der Waals surface area (Å²) in [6.45, 7) is 6.70. The van der Waals surface area contributed by atoms with Gasteiger partial charge in [0.25, 0.3) is 0 Å². The van der Waals surface area contributed by atoms with Gasteiger partial charge >= 0.3 is 6.18 Å². The minimum absolute atomic E-state index is 0.000938. The number of carbonyl (C=O) groups excluding carboxylic acids is 1. The Labute approximate surface area is 118 Å². The van der Waals surface area contributed by atoms with Crippen LogP contribution in [0.3, 0.4) is 0 Å². The molecule has 1 fully saturated rings. The van der Waals surface area contributed by atoms with Crippen molar-refractivity contribution in [3.05, 3.63) is 0 Å². The second kappa shape index (κ2) is 5.92. The molecule has 1 amide bonds. The van der Waals surface area contributed by atoms with Gasteiger partial charge in [-0.2, -0.15) is 13.2 Å². The fraction of sp³-hybridized carbons (Fsp3) is 0.929. The van der Waals surface area contributed by atoms with Crippen molar-refractivity contribution >= 4 is 5.91 Å². The Kier molecular flexibility index (Phi) is 5.11. The number of nitrogens with one attached hydrogen (secondary N) is 1. The monoisotopic (exact) mass is 294 g/mol. The fourth-order valence-electron chi connectivity index (χ4n) is 2.45. The van der Waals surface area contributed by atoms with Gasteiger partial charge in [-0.1, -0.05) is 20.8 Å². The summed E-state index contributed by atoms with van der Waals surface area (Å²) in [6.07, 6.45) is -2.88. The van der Waals surface area contributed by atoms with E-state index in [4.69, 9.17) is 5.73 Å². The van der Waals surface area contributed by atoms with Crippen LogP contribution in [-0.2, 0) is 4.79 Å². The molecule has 0 bridgehead atoms. The van der Waals surface area contributed by atoms with Crippen molar-refractivity contribution < 1.29 is 18.0 Å². The van der Waals surface area contributed by atoms with Gasteiger partial charge in [-0.25, -0.2) is 0 Å². The van der Waals surface area contributed by atoms with Crippen LogP contribution >= 0.6 is 0 Å². The summed E-state index contributed by atoms with van der Waals surface area (Å²) < 4.78 is 38.2. The van der Waals surface area contributed by atoms with Crippen LogP contribution in [0.2, 0.25) is 0 Å². The van der Waals surface area contributed by atoms with Crippen molar-refractivity contribution in [2.45, 2.75) is 64.6 Å². The SMILES string of the molecule is CC(C)(C)C(CCN)CCC(=O)NC1(C(F)(F)F)CC1. The van der Waals surface area contributed by atoms with Gasteiger partial charge in [0.05, 0.1) is 0 Å². The quantitative estimate of drug-likeness (QED) is 0.791. The first-order chi connectivity index (χ1) is 9.02. The molecule has 1 unspecified atom stereocenters. The Balaban J connectivity index is 2.47. The molecule has 3 N–H and O–H groups in total. The van der Waals surface area contributed by atoms with E-state index in [0.29, 0.717) is 13.0 Å². The summed E-state index contributed by atoms with van der Waals surface area (Å²) in [6, 6.07) is 0. The van der Waals surface area contributed by atoms with Crippen molar-refractivity contribution in [1.29, 1.82) is 0 Å². The summed E-state index contributed by atoms with van der Waals surface area (Å²) in [5.41, 5.74) is 3.60. The van der Waals surface area contributed by atoms with E-state index in [2.05, 4.69) is 26.1 Å². The Morgan fingerprint density at radius 3 is 2.15 bits per heavy atom. The molecule has 0 aliphatic heterocycles. The molecule has 0 aromatic heterocycles. The second-order valence-corrected chi connectivity index (χ2v) is 6.81. The van der Waals surface area contributed by atoms with Crippen LogP contribution in [0.1, 0.15) is 52.9 Å². The number of amides is 1. The van der Waals surface area contributed by atoms with E-state index in [-0.39, 0.29) is 30.6 Å². The maximum absolute atomic E-state index is 12.7. The van der Waals surface area contributed by atoms with E-state index in [1.165, 1.54) is 0 Å². The molecule has 1 atom stereocenters. The molecular weight excluding hydrogens is 269 g/mol. The Hall–Kier alpha value is -0.780. The molecule has 1 aliphatic rings. The molecule has 0 spiro atoms. The maximum atomic E-state index is 12.7. The molecule has 0 radical (unpaired) electrons. The van der Waals surface area contributed by atoms with Gasteiger partial charge in [0.15, 0.2) is 0 Å². The molecule has 1 saturated carbocycles. The van der Waals surface area contributed by atoms with E-state index in [0.717, 1.165) is 6.42 Å². The average molecular weight is 294 g/mol. The number of hydrogen-bond acceptors (Lipinski definition) is 2. The summed E-state index contributed by atoms with van der Waals surface area (Å²) in [4.78, 5) is 11.7. The van der Waals surface area contributed by atoms with Crippen LogP contribution in [-0.4, -0.2) is 24.2 Å². The van der Waals surface area contributed by atoms with Gasteiger partial charge in [-0.05, 0) is 43.6 Å². The third kappa shape index (κ3) is 4.36. The van der Waals surface area contributed by atoms with Gasteiger partial charge < -0.3 is 11.1 Å². The lowest BCUT2D eigenvalue weighted by Crippen LogP contribution is -2.48. The van der Waals surface area contributed by atoms with E-state index in [1.807, 2.05) is 0 Å². The molecule has 6 heteroatoms. The number of rotatable bonds is 6. The van der Waals surface area contributed by atoms with Crippen LogP contribution in [0.5, 0.6) is 0 Å². The smallest absolute Gasteiger partial charge is 0.342 e. The first-order valence-corrected chi connectivity index (χ1v) is 7.10. The molecule has 0 saturated heterocycles. The number of hydrogen-bond donors (Lipinski definition) is 2. The number of alkyl halides is 3. The van der Waals surface area contributed by atoms with E-state index >= 15 is 0 Å². The Bertz CT molecular complexity index is 343. The van der Waals surface area contributed by atoms with E-state index in [9.17, 15) is 18.0 Å². The lowest BCUT2D eigenvalue weighted by atomic mass is 9.76. The van der Waals surface area contributed by atoms with E-state index < -0.39 is 17.6 Å². The van der Waals surface area contributed by atoms with Crippen molar-refractivity contribution in [1.82, 2.24) is 5.32 Å². The molecule has 1 aliphatic carbocycles. The van der Waals surface area contributed by atoms with Gasteiger partial charge in [0.2, 0.25) is 5.91 Å². The molecule has 3 nitrogen and oxygen atoms in total. The zero-order chi connectivity index (χ0) is 15.6. The summed E-state index contributed by atoms with van der Waals surface area (Å²) in [7, 11) is 0. The highest BCUT2D eigenvalue weighted by Crippen LogP contribution is 2.49.